The largest absolute Gasteiger partial charge is 0.507 e. The summed E-state index contributed by atoms with van der Waals surface area (Å²) in [4.78, 5) is 24.3. The summed E-state index contributed by atoms with van der Waals surface area (Å²) in [5.74, 6) is -1.82. The number of phenols is 1. The first kappa shape index (κ1) is 21.8. The second-order valence-electron chi connectivity index (χ2n) is 6.17. The fraction of sp³-hybridized carbons (Fsp3) is 0.0455. The summed E-state index contributed by atoms with van der Waals surface area (Å²) < 4.78 is 23.8. The van der Waals surface area contributed by atoms with Crippen LogP contribution in [0.1, 0.15) is 26.3 Å². The minimum Gasteiger partial charge on any atom is -0.507 e. The number of hydrazone groups is 1. The van der Waals surface area contributed by atoms with Crippen LogP contribution >= 0.6 is 11.6 Å². The van der Waals surface area contributed by atoms with E-state index in [1.165, 1.54) is 61.9 Å². The van der Waals surface area contributed by atoms with Crippen molar-refractivity contribution in [2.24, 2.45) is 5.10 Å². The maximum absolute atomic E-state index is 13.3. The van der Waals surface area contributed by atoms with Crippen molar-refractivity contribution >= 4 is 29.7 Å². The van der Waals surface area contributed by atoms with Crippen molar-refractivity contribution in [2.75, 3.05) is 7.11 Å². The SMILES string of the molecule is COc1cc(/C=N\NC(=O)c2cc(Cl)ccc2O)ccc1OC(=O)c1cccc(F)c1. The Hall–Kier alpha value is -3.91. The fourth-order valence-corrected chi connectivity index (χ4v) is 2.71. The van der Waals surface area contributed by atoms with Crippen LogP contribution in [-0.4, -0.2) is 30.3 Å². The molecule has 158 valence electrons. The van der Waals surface area contributed by atoms with Crippen LogP contribution < -0.4 is 14.9 Å². The summed E-state index contributed by atoms with van der Waals surface area (Å²) in [5.41, 5.74) is 2.83. The summed E-state index contributed by atoms with van der Waals surface area (Å²) in [6.07, 6.45) is 1.33. The number of hydrogen-bond acceptors (Lipinski definition) is 6. The van der Waals surface area contributed by atoms with Crippen LogP contribution in [0.25, 0.3) is 0 Å². The van der Waals surface area contributed by atoms with E-state index in [1.807, 2.05) is 0 Å². The van der Waals surface area contributed by atoms with E-state index in [0.29, 0.717) is 10.6 Å². The smallest absolute Gasteiger partial charge is 0.343 e. The molecule has 0 aromatic heterocycles. The van der Waals surface area contributed by atoms with Crippen LogP contribution in [0.3, 0.4) is 0 Å². The number of rotatable bonds is 6. The maximum atomic E-state index is 13.3. The van der Waals surface area contributed by atoms with Crippen LogP contribution in [0.4, 0.5) is 4.39 Å². The van der Waals surface area contributed by atoms with Crippen LogP contribution in [0.15, 0.2) is 65.8 Å². The number of halogens is 2. The number of phenolic OH excluding ortho intramolecular Hbond substituents is 1. The standard InChI is InChI=1S/C22H16ClFN2O5/c1-30-20-9-13(12-25-26-21(28)17-11-15(23)6-7-18(17)27)5-8-19(20)31-22(29)14-3-2-4-16(24)10-14/h2-12,27H,1H3,(H,26,28)/b25-12-. The van der Waals surface area contributed by atoms with E-state index in [0.717, 1.165) is 6.07 Å². The van der Waals surface area contributed by atoms with Gasteiger partial charge in [0, 0.05) is 5.02 Å². The molecule has 1 amide bonds. The van der Waals surface area contributed by atoms with Crippen LogP contribution in [0.2, 0.25) is 5.02 Å². The number of ether oxygens (including phenoxy) is 2. The van der Waals surface area contributed by atoms with Gasteiger partial charge in [0.1, 0.15) is 11.6 Å². The molecule has 0 aliphatic carbocycles. The lowest BCUT2D eigenvalue weighted by molar-refractivity contribution is 0.0729. The van der Waals surface area contributed by atoms with Crippen LogP contribution in [-0.2, 0) is 0 Å². The minimum atomic E-state index is -0.743. The molecule has 0 heterocycles. The third kappa shape index (κ3) is 5.58. The number of benzene rings is 3. The van der Waals surface area contributed by atoms with E-state index in [4.69, 9.17) is 21.1 Å². The molecule has 0 unspecified atom stereocenters. The highest BCUT2D eigenvalue weighted by molar-refractivity contribution is 6.31. The maximum Gasteiger partial charge on any atom is 0.343 e. The molecule has 0 fully saturated rings. The number of esters is 1. The number of carbonyl (C=O) groups excluding carboxylic acids is 2. The third-order valence-corrected chi connectivity index (χ3v) is 4.27. The third-order valence-electron chi connectivity index (χ3n) is 4.03. The Bertz CT molecular complexity index is 1170. The van der Waals surface area contributed by atoms with E-state index < -0.39 is 17.7 Å². The van der Waals surface area contributed by atoms with Crippen molar-refractivity contribution in [3.8, 4) is 17.2 Å². The molecule has 0 atom stereocenters. The Morgan fingerprint density at radius 1 is 1.10 bits per heavy atom. The van der Waals surface area contributed by atoms with Gasteiger partial charge in [-0.2, -0.15) is 5.10 Å². The van der Waals surface area contributed by atoms with Crippen LogP contribution in [0.5, 0.6) is 17.2 Å². The van der Waals surface area contributed by atoms with E-state index >= 15 is 0 Å². The number of carbonyl (C=O) groups is 2. The number of hydrogen-bond donors (Lipinski definition) is 2. The molecule has 0 spiro atoms. The zero-order chi connectivity index (χ0) is 22.4. The number of amides is 1. The summed E-state index contributed by atoms with van der Waals surface area (Å²) in [6, 6.07) is 13.8. The topological polar surface area (TPSA) is 97.2 Å². The lowest BCUT2D eigenvalue weighted by atomic mass is 10.2. The first-order chi connectivity index (χ1) is 14.9. The highest BCUT2D eigenvalue weighted by atomic mass is 35.5. The first-order valence-corrected chi connectivity index (χ1v) is 9.23. The number of nitrogens with zero attached hydrogens (tertiary/aromatic N) is 1. The van der Waals surface area contributed by atoms with Crippen LogP contribution in [0, 0.1) is 5.82 Å². The lowest BCUT2D eigenvalue weighted by Crippen LogP contribution is -2.17. The van der Waals surface area contributed by atoms with Gasteiger partial charge in [-0.05, 0) is 60.2 Å². The Morgan fingerprint density at radius 2 is 1.90 bits per heavy atom. The summed E-state index contributed by atoms with van der Waals surface area (Å²) >= 11 is 5.82. The van der Waals surface area contributed by atoms with Gasteiger partial charge in [0.05, 0.1) is 24.5 Å². The quantitative estimate of drug-likeness (QED) is 0.258. The predicted octanol–water partition coefficient (Wildman–Crippen LogP) is 4.18. The van der Waals surface area contributed by atoms with Gasteiger partial charge in [-0.15, -0.1) is 0 Å². The highest BCUT2D eigenvalue weighted by Crippen LogP contribution is 2.28. The summed E-state index contributed by atoms with van der Waals surface area (Å²) in [6.45, 7) is 0. The minimum absolute atomic E-state index is 0.0261. The Labute approximate surface area is 181 Å². The van der Waals surface area contributed by atoms with Gasteiger partial charge in [0.25, 0.3) is 5.91 Å². The molecule has 0 saturated heterocycles. The van der Waals surface area contributed by atoms with Crippen molar-refractivity contribution < 1.29 is 28.6 Å². The van der Waals surface area contributed by atoms with Gasteiger partial charge < -0.3 is 14.6 Å². The molecule has 0 aliphatic rings. The molecular weight excluding hydrogens is 427 g/mol. The van der Waals surface area contributed by atoms with Gasteiger partial charge in [-0.3, -0.25) is 4.79 Å². The average Bonchev–Trinajstić information content (AvgIpc) is 2.76. The van der Waals surface area contributed by atoms with Gasteiger partial charge >= 0.3 is 5.97 Å². The Kier molecular flexibility index (Phi) is 6.84. The number of methoxy groups -OCH3 is 1. The van der Waals surface area contributed by atoms with Gasteiger partial charge in [-0.25, -0.2) is 14.6 Å². The summed E-state index contributed by atoms with van der Waals surface area (Å²) in [5, 5.41) is 13.9. The first-order valence-electron chi connectivity index (χ1n) is 8.85. The Morgan fingerprint density at radius 3 is 2.65 bits per heavy atom. The molecule has 0 bridgehead atoms. The molecule has 0 aliphatic heterocycles. The molecule has 2 N–H and O–H groups in total. The van der Waals surface area contributed by atoms with Crippen molar-refractivity contribution in [3.63, 3.8) is 0 Å². The molecule has 9 heteroatoms. The average molecular weight is 443 g/mol. The van der Waals surface area contributed by atoms with E-state index in [1.54, 1.807) is 6.07 Å². The van der Waals surface area contributed by atoms with Crippen molar-refractivity contribution in [1.29, 1.82) is 0 Å². The normalized spacial score (nSPS) is 10.7. The number of aromatic hydroxyl groups is 1. The lowest BCUT2D eigenvalue weighted by Gasteiger charge is -2.10. The van der Waals surface area contributed by atoms with Crippen molar-refractivity contribution in [2.45, 2.75) is 0 Å². The zero-order valence-electron chi connectivity index (χ0n) is 16.1. The zero-order valence-corrected chi connectivity index (χ0v) is 16.9. The number of nitrogens with one attached hydrogen (secondary N) is 1. The van der Waals surface area contributed by atoms with Gasteiger partial charge in [0.15, 0.2) is 11.5 Å². The fourth-order valence-electron chi connectivity index (χ4n) is 2.54. The summed E-state index contributed by atoms with van der Waals surface area (Å²) in [7, 11) is 1.39. The van der Waals surface area contributed by atoms with Gasteiger partial charge in [-0.1, -0.05) is 17.7 Å². The second kappa shape index (κ2) is 9.73. The Balaban J connectivity index is 1.70. The molecule has 3 aromatic rings. The molecule has 0 radical (unpaired) electrons. The molecule has 7 nitrogen and oxygen atoms in total. The molecular formula is C22H16ClFN2O5. The van der Waals surface area contributed by atoms with Crippen molar-refractivity contribution in [3.05, 3.63) is 88.2 Å². The van der Waals surface area contributed by atoms with E-state index in [2.05, 4.69) is 10.5 Å². The molecule has 3 aromatic carbocycles. The van der Waals surface area contributed by atoms with E-state index in [-0.39, 0.29) is 28.4 Å². The highest BCUT2D eigenvalue weighted by Gasteiger charge is 2.14. The van der Waals surface area contributed by atoms with Gasteiger partial charge in [0.2, 0.25) is 0 Å². The molecule has 3 rings (SSSR count). The monoisotopic (exact) mass is 442 g/mol. The molecule has 0 saturated carbocycles. The second-order valence-corrected chi connectivity index (χ2v) is 6.61. The molecule has 31 heavy (non-hydrogen) atoms. The van der Waals surface area contributed by atoms with E-state index in [9.17, 15) is 19.1 Å². The van der Waals surface area contributed by atoms with Crippen molar-refractivity contribution in [1.82, 2.24) is 5.43 Å². The predicted molar refractivity (Wildman–Crippen MR) is 113 cm³/mol.